The summed E-state index contributed by atoms with van der Waals surface area (Å²) in [6, 6.07) is 8.09. The predicted octanol–water partition coefficient (Wildman–Crippen LogP) is 2.39. The predicted molar refractivity (Wildman–Crippen MR) is 91.9 cm³/mol. The third kappa shape index (κ3) is 6.35. The van der Waals surface area contributed by atoms with Crippen molar-refractivity contribution in [2.45, 2.75) is 26.7 Å². The van der Waals surface area contributed by atoms with E-state index in [4.69, 9.17) is 9.47 Å². The van der Waals surface area contributed by atoms with Crippen LogP contribution in [0.5, 0.6) is 5.75 Å². The highest BCUT2D eigenvalue weighted by atomic mass is 16.5. The lowest BCUT2D eigenvalue weighted by atomic mass is 10.0. The molecule has 0 radical (unpaired) electrons. The maximum atomic E-state index is 5.42. The van der Waals surface area contributed by atoms with Gasteiger partial charge in [0.25, 0.3) is 0 Å². The number of aliphatic imine (C=N–C) groups is 1. The number of hydrogen-bond acceptors (Lipinski definition) is 3. The van der Waals surface area contributed by atoms with Gasteiger partial charge in [0.2, 0.25) is 0 Å². The van der Waals surface area contributed by atoms with Crippen molar-refractivity contribution in [2.75, 3.05) is 40.0 Å². The van der Waals surface area contributed by atoms with Crippen LogP contribution < -0.4 is 15.4 Å². The Balaban J connectivity index is 2.60. The monoisotopic (exact) mass is 307 g/mol. The van der Waals surface area contributed by atoms with Crippen molar-refractivity contribution < 1.29 is 9.47 Å². The van der Waals surface area contributed by atoms with Crippen molar-refractivity contribution in [3.05, 3.63) is 29.8 Å². The molecule has 2 N–H and O–H groups in total. The Morgan fingerprint density at radius 3 is 2.68 bits per heavy atom. The van der Waals surface area contributed by atoms with E-state index in [9.17, 15) is 0 Å². The molecule has 0 fully saturated rings. The molecule has 1 aromatic rings. The van der Waals surface area contributed by atoms with E-state index in [1.807, 2.05) is 25.1 Å². The second-order valence-electron chi connectivity index (χ2n) is 4.99. The van der Waals surface area contributed by atoms with E-state index in [0.29, 0.717) is 19.1 Å². The highest BCUT2D eigenvalue weighted by Gasteiger charge is 2.10. The average molecular weight is 307 g/mol. The summed E-state index contributed by atoms with van der Waals surface area (Å²) in [6.07, 6.45) is 0. The van der Waals surface area contributed by atoms with Crippen molar-refractivity contribution in [1.29, 1.82) is 0 Å². The SMILES string of the molecule is CCNC(=NCC(C)c1ccccc1OC)NCCOCC. The minimum absolute atomic E-state index is 0.290. The van der Waals surface area contributed by atoms with Crippen LogP contribution in [0.25, 0.3) is 0 Å². The Morgan fingerprint density at radius 1 is 1.23 bits per heavy atom. The zero-order valence-corrected chi connectivity index (χ0v) is 14.2. The van der Waals surface area contributed by atoms with Gasteiger partial charge in [0.05, 0.1) is 13.7 Å². The Labute approximate surface area is 134 Å². The molecule has 1 rings (SSSR count). The van der Waals surface area contributed by atoms with E-state index in [-0.39, 0.29) is 0 Å². The Bertz CT molecular complexity index is 449. The van der Waals surface area contributed by atoms with Crippen molar-refractivity contribution in [2.24, 2.45) is 4.99 Å². The van der Waals surface area contributed by atoms with Crippen LogP contribution in [0, 0.1) is 0 Å². The van der Waals surface area contributed by atoms with Crippen molar-refractivity contribution in [3.63, 3.8) is 0 Å². The van der Waals surface area contributed by atoms with Crippen LogP contribution in [0.2, 0.25) is 0 Å². The molecule has 1 atom stereocenters. The largest absolute Gasteiger partial charge is 0.496 e. The van der Waals surface area contributed by atoms with Gasteiger partial charge in [0, 0.05) is 32.2 Å². The fourth-order valence-electron chi connectivity index (χ4n) is 2.13. The number of guanidine groups is 1. The molecule has 0 saturated carbocycles. The normalized spacial score (nSPS) is 12.8. The molecule has 0 aliphatic carbocycles. The lowest BCUT2D eigenvalue weighted by Crippen LogP contribution is -2.39. The number of rotatable bonds is 9. The van der Waals surface area contributed by atoms with Gasteiger partial charge in [0.1, 0.15) is 5.75 Å². The van der Waals surface area contributed by atoms with Gasteiger partial charge in [-0.05, 0) is 25.5 Å². The molecule has 5 nitrogen and oxygen atoms in total. The number of ether oxygens (including phenoxy) is 2. The number of methoxy groups -OCH3 is 1. The maximum absolute atomic E-state index is 5.42. The molecule has 0 aliphatic rings. The summed E-state index contributed by atoms with van der Waals surface area (Å²) in [4.78, 5) is 4.65. The van der Waals surface area contributed by atoms with E-state index in [1.54, 1.807) is 7.11 Å². The van der Waals surface area contributed by atoms with E-state index < -0.39 is 0 Å². The van der Waals surface area contributed by atoms with Gasteiger partial charge >= 0.3 is 0 Å². The zero-order valence-electron chi connectivity index (χ0n) is 14.2. The lowest BCUT2D eigenvalue weighted by Gasteiger charge is -2.15. The summed E-state index contributed by atoms with van der Waals surface area (Å²) in [5, 5.41) is 6.52. The van der Waals surface area contributed by atoms with Crippen molar-refractivity contribution in [3.8, 4) is 5.75 Å². The molecular formula is C17H29N3O2. The molecule has 0 heterocycles. The molecule has 22 heavy (non-hydrogen) atoms. The van der Waals surface area contributed by atoms with Gasteiger partial charge in [0.15, 0.2) is 5.96 Å². The molecule has 0 spiro atoms. The topological polar surface area (TPSA) is 54.9 Å². The maximum Gasteiger partial charge on any atom is 0.191 e. The molecule has 0 aliphatic heterocycles. The van der Waals surface area contributed by atoms with Gasteiger partial charge < -0.3 is 20.1 Å². The third-order valence-corrected chi connectivity index (χ3v) is 3.28. The minimum Gasteiger partial charge on any atom is -0.496 e. The molecule has 0 amide bonds. The number of para-hydroxylation sites is 1. The van der Waals surface area contributed by atoms with E-state index >= 15 is 0 Å². The van der Waals surface area contributed by atoms with Crippen LogP contribution in [0.1, 0.15) is 32.3 Å². The van der Waals surface area contributed by atoms with Gasteiger partial charge in [-0.2, -0.15) is 0 Å². The van der Waals surface area contributed by atoms with Gasteiger partial charge in [-0.1, -0.05) is 25.1 Å². The standard InChI is InChI=1S/C17H29N3O2/c1-5-18-17(19-11-12-22-6-2)20-13-14(3)15-9-7-8-10-16(15)21-4/h7-10,14H,5-6,11-13H2,1-4H3,(H2,18,19,20). The van der Waals surface area contributed by atoms with E-state index in [0.717, 1.165) is 31.4 Å². The highest BCUT2D eigenvalue weighted by molar-refractivity contribution is 5.79. The third-order valence-electron chi connectivity index (χ3n) is 3.28. The molecule has 5 heteroatoms. The molecule has 1 aromatic carbocycles. The Hall–Kier alpha value is -1.75. The average Bonchev–Trinajstić information content (AvgIpc) is 2.56. The smallest absolute Gasteiger partial charge is 0.191 e. The van der Waals surface area contributed by atoms with Crippen LogP contribution >= 0.6 is 0 Å². The van der Waals surface area contributed by atoms with Gasteiger partial charge in [-0.15, -0.1) is 0 Å². The van der Waals surface area contributed by atoms with Crippen molar-refractivity contribution in [1.82, 2.24) is 10.6 Å². The molecule has 0 saturated heterocycles. The fourth-order valence-corrected chi connectivity index (χ4v) is 2.13. The summed E-state index contributed by atoms with van der Waals surface area (Å²) >= 11 is 0. The number of benzene rings is 1. The van der Waals surface area contributed by atoms with E-state index in [1.165, 1.54) is 5.56 Å². The summed E-state index contributed by atoms with van der Waals surface area (Å²) in [6.45, 7) is 9.92. The van der Waals surface area contributed by atoms with Crippen LogP contribution in [-0.4, -0.2) is 45.9 Å². The first-order valence-electron chi connectivity index (χ1n) is 7.95. The summed E-state index contributed by atoms with van der Waals surface area (Å²) in [5.41, 5.74) is 1.18. The second kappa shape index (κ2) is 10.9. The fraction of sp³-hybridized carbons (Fsp3) is 0.588. The highest BCUT2D eigenvalue weighted by Crippen LogP contribution is 2.26. The Morgan fingerprint density at radius 2 is 2.00 bits per heavy atom. The Kier molecular flexibility index (Phi) is 9.07. The molecule has 124 valence electrons. The number of nitrogens with zero attached hydrogens (tertiary/aromatic N) is 1. The molecule has 0 bridgehead atoms. The van der Waals surface area contributed by atoms with Gasteiger partial charge in [-0.3, -0.25) is 4.99 Å². The molecule has 1 unspecified atom stereocenters. The molecule has 0 aromatic heterocycles. The first-order valence-corrected chi connectivity index (χ1v) is 7.95. The van der Waals surface area contributed by atoms with Crippen LogP contribution in [0.15, 0.2) is 29.3 Å². The first-order chi connectivity index (χ1) is 10.7. The minimum atomic E-state index is 0.290. The van der Waals surface area contributed by atoms with Crippen molar-refractivity contribution >= 4 is 5.96 Å². The second-order valence-corrected chi connectivity index (χ2v) is 4.99. The lowest BCUT2D eigenvalue weighted by molar-refractivity contribution is 0.152. The number of hydrogen-bond donors (Lipinski definition) is 2. The summed E-state index contributed by atoms with van der Waals surface area (Å²) in [5.74, 6) is 2.03. The summed E-state index contributed by atoms with van der Waals surface area (Å²) < 4.78 is 10.7. The quantitative estimate of drug-likeness (QED) is 0.418. The van der Waals surface area contributed by atoms with Gasteiger partial charge in [-0.25, -0.2) is 0 Å². The summed E-state index contributed by atoms with van der Waals surface area (Å²) in [7, 11) is 1.70. The molecular weight excluding hydrogens is 278 g/mol. The number of nitrogens with one attached hydrogen (secondary N) is 2. The van der Waals surface area contributed by atoms with Crippen LogP contribution in [0.4, 0.5) is 0 Å². The van der Waals surface area contributed by atoms with Crippen LogP contribution in [-0.2, 0) is 4.74 Å². The van der Waals surface area contributed by atoms with E-state index in [2.05, 4.69) is 35.5 Å². The first kappa shape index (κ1) is 18.3. The zero-order chi connectivity index (χ0) is 16.2. The van der Waals surface area contributed by atoms with Crippen LogP contribution in [0.3, 0.4) is 0 Å².